The summed E-state index contributed by atoms with van der Waals surface area (Å²) in [6.45, 7) is 1.26. The van der Waals surface area contributed by atoms with Crippen LogP contribution in [0.1, 0.15) is 16.7 Å². The van der Waals surface area contributed by atoms with Crippen molar-refractivity contribution in [2.24, 2.45) is 0 Å². The smallest absolute Gasteiger partial charge is 0.236 e. The second-order valence-electron chi connectivity index (χ2n) is 5.28. The highest BCUT2D eigenvalue weighted by Gasteiger charge is 2.15. The van der Waals surface area contributed by atoms with E-state index in [0.29, 0.717) is 29.5 Å². The van der Waals surface area contributed by atoms with Crippen LogP contribution in [-0.2, 0) is 33.5 Å². The maximum Gasteiger partial charge on any atom is 0.236 e. The molecule has 2 aromatic rings. The summed E-state index contributed by atoms with van der Waals surface area (Å²) in [7, 11) is -3.47. The van der Waals surface area contributed by atoms with E-state index in [2.05, 4.69) is 4.72 Å². The van der Waals surface area contributed by atoms with Crippen molar-refractivity contribution in [3.05, 3.63) is 64.2 Å². The number of benzene rings is 2. The first-order chi connectivity index (χ1) is 10.5. The van der Waals surface area contributed by atoms with Crippen molar-refractivity contribution in [2.75, 3.05) is 11.3 Å². The standard InChI is InChI=1S/C16H16ClNO3S/c17-15-3-1-2-12(8-15)11-22(19,20)18-16-5-4-14-10-21-7-6-13(14)9-16/h1-5,8-9,18H,6-7,10-11H2. The Bertz CT molecular complexity index is 790. The number of halogens is 1. The van der Waals surface area contributed by atoms with Crippen LogP contribution in [0.25, 0.3) is 0 Å². The van der Waals surface area contributed by atoms with Gasteiger partial charge < -0.3 is 4.74 Å². The van der Waals surface area contributed by atoms with E-state index in [-0.39, 0.29) is 5.75 Å². The predicted octanol–water partition coefficient (Wildman–Crippen LogP) is 3.35. The van der Waals surface area contributed by atoms with Crippen LogP contribution >= 0.6 is 11.6 Å². The minimum atomic E-state index is -3.47. The van der Waals surface area contributed by atoms with Gasteiger partial charge >= 0.3 is 0 Å². The molecule has 0 unspecified atom stereocenters. The van der Waals surface area contributed by atoms with Crippen molar-refractivity contribution >= 4 is 27.3 Å². The fraction of sp³-hybridized carbons (Fsp3) is 0.250. The summed E-state index contributed by atoms with van der Waals surface area (Å²) in [4.78, 5) is 0. The molecule has 1 aliphatic rings. The SMILES string of the molecule is O=S(=O)(Cc1cccc(Cl)c1)Nc1ccc2c(c1)CCOC2. The van der Waals surface area contributed by atoms with Crippen LogP contribution in [0, 0.1) is 0 Å². The summed E-state index contributed by atoms with van der Waals surface area (Å²) in [5.74, 6) is -0.103. The minimum Gasteiger partial charge on any atom is -0.376 e. The fourth-order valence-corrected chi connectivity index (χ4v) is 3.88. The zero-order chi connectivity index (χ0) is 15.6. The predicted molar refractivity (Wildman–Crippen MR) is 87.5 cm³/mol. The number of ether oxygens (including phenoxy) is 1. The van der Waals surface area contributed by atoms with Crippen molar-refractivity contribution in [2.45, 2.75) is 18.8 Å². The first-order valence-electron chi connectivity index (χ1n) is 6.96. The van der Waals surface area contributed by atoms with Gasteiger partial charge in [0.05, 0.1) is 19.0 Å². The Morgan fingerprint density at radius 1 is 1.14 bits per heavy atom. The van der Waals surface area contributed by atoms with Crippen LogP contribution < -0.4 is 4.72 Å². The third-order valence-electron chi connectivity index (χ3n) is 3.50. The normalized spacial score (nSPS) is 14.4. The lowest BCUT2D eigenvalue weighted by Gasteiger charge is -2.17. The van der Waals surface area contributed by atoms with Gasteiger partial charge in [-0.25, -0.2) is 8.42 Å². The van der Waals surface area contributed by atoms with Crippen LogP contribution in [0.2, 0.25) is 5.02 Å². The zero-order valence-electron chi connectivity index (χ0n) is 11.9. The third-order valence-corrected chi connectivity index (χ3v) is 4.99. The number of fused-ring (bicyclic) bond motifs is 1. The van der Waals surface area contributed by atoms with Crippen LogP contribution in [0.5, 0.6) is 0 Å². The average molecular weight is 338 g/mol. The molecule has 0 atom stereocenters. The van der Waals surface area contributed by atoms with E-state index >= 15 is 0 Å². The van der Waals surface area contributed by atoms with Crippen LogP contribution in [0.3, 0.4) is 0 Å². The number of sulfonamides is 1. The van der Waals surface area contributed by atoms with E-state index in [1.165, 1.54) is 0 Å². The number of rotatable bonds is 4. The molecule has 0 radical (unpaired) electrons. The zero-order valence-corrected chi connectivity index (χ0v) is 13.5. The molecule has 3 rings (SSSR count). The fourth-order valence-electron chi connectivity index (χ4n) is 2.49. The molecule has 0 saturated heterocycles. The molecule has 0 aliphatic carbocycles. The summed E-state index contributed by atoms with van der Waals surface area (Å²) in [6, 6.07) is 12.4. The highest BCUT2D eigenvalue weighted by atomic mass is 35.5. The van der Waals surface area contributed by atoms with Gasteiger partial charge in [0.25, 0.3) is 0 Å². The quantitative estimate of drug-likeness (QED) is 0.930. The topological polar surface area (TPSA) is 55.4 Å². The number of anilines is 1. The van der Waals surface area contributed by atoms with Gasteiger partial charge in [-0.3, -0.25) is 4.72 Å². The molecule has 2 aromatic carbocycles. The van der Waals surface area contributed by atoms with Crippen LogP contribution in [-0.4, -0.2) is 15.0 Å². The van der Waals surface area contributed by atoms with E-state index in [4.69, 9.17) is 16.3 Å². The van der Waals surface area contributed by atoms with E-state index in [9.17, 15) is 8.42 Å². The van der Waals surface area contributed by atoms with E-state index in [1.54, 1.807) is 30.3 Å². The van der Waals surface area contributed by atoms with Gasteiger partial charge in [0.1, 0.15) is 0 Å². The third kappa shape index (κ3) is 3.80. The highest BCUT2D eigenvalue weighted by Crippen LogP contribution is 2.22. The van der Waals surface area contributed by atoms with Gasteiger partial charge in [-0.2, -0.15) is 0 Å². The Balaban J connectivity index is 1.76. The Kier molecular flexibility index (Phi) is 4.38. The van der Waals surface area contributed by atoms with E-state index in [0.717, 1.165) is 17.5 Å². The Hall–Kier alpha value is -1.56. The Morgan fingerprint density at radius 2 is 2.00 bits per heavy atom. The minimum absolute atomic E-state index is 0.103. The lowest BCUT2D eigenvalue weighted by molar-refractivity contribution is 0.111. The molecule has 0 amide bonds. The van der Waals surface area contributed by atoms with Crippen LogP contribution in [0.15, 0.2) is 42.5 Å². The highest BCUT2D eigenvalue weighted by molar-refractivity contribution is 7.91. The van der Waals surface area contributed by atoms with Gasteiger partial charge in [0, 0.05) is 10.7 Å². The molecule has 4 nitrogen and oxygen atoms in total. The largest absolute Gasteiger partial charge is 0.376 e. The molecule has 6 heteroatoms. The second-order valence-corrected chi connectivity index (χ2v) is 7.44. The Labute approximate surface area is 135 Å². The molecular weight excluding hydrogens is 322 g/mol. The van der Waals surface area contributed by atoms with Gasteiger partial charge in [-0.15, -0.1) is 0 Å². The molecule has 0 bridgehead atoms. The molecule has 1 aliphatic heterocycles. The van der Waals surface area contributed by atoms with Gasteiger partial charge in [-0.1, -0.05) is 29.8 Å². The first-order valence-corrected chi connectivity index (χ1v) is 8.99. The maximum absolute atomic E-state index is 12.3. The monoisotopic (exact) mass is 337 g/mol. The van der Waals surface area contributed by atoms with E-state index < -0.39 is 10.0 Å². The summed E-state index contributed by atoms with van der Waals surface area (Å²) in [6.07, 6.45) is 0.805. The van der Waals surface area contributed by atoms with Crippen molar-refractivity contribution in [1.29, 1.82) is 0 Å². The molecule has 1 heterocycles. The average Bonchev–Trinajstić information content (AvgIpc) is 2.46. The molecule has 116 valence electrons. The number of hydrogen-bond acceptors (Lipinski definition) is 3. The van der Waals surface area contributed by atoms with Gasteiger partial charge in [0.15, 0.2) is 0 Å². The summed E-state index contributed by atoms with van der Waals surface area (Å²) < 4.78 is 32.5. The van der Waals surface area contributed by atoms with Crippen molar-refractivity contribution < 1.29 is 13.2 Å². The molecule has 0 fully saturated rings. The Morgan fingerprint density at radius 3 is 2.82 bits per heavy atom. The maximum atomic E-state index is 12.3. The molecule has 0 aromatic heterocycles. The molecule has 0 saturated carbocycles. The second kappa shape index (κ2) is 6.28. The molecule has 22 heavy (non-hydrogen) atoms. The lowest BCUT2D eigenvalue weighted by Crippen LogP contribution is -2.16. The summed E-state index contributed by atoms with van der Waals surface area (Å²) >= 11 is 5.89. The molecular formula is C16H16ClNO3S. The van der Waals surface area contributed by atoms with Crippen molar-refractivity contribution in [1.82, 2.24) is 0 Å². The molecule has 0 spiro atoms. The first kappa shape index (κ1) is 15.3. The van der Waals surface area contributed by atoms with Crippen LogP contribution in [0.4, 0.5) is 5.69 Å². The number of nitrogens with one attached hydrogen (secondary N) is 1. The van der Waals surface area contributed by atoms with Gasteiger partial charge in [0.2, 0.25) is 10.0 Å². The molecule has 1 N–H and O–H groups in total. The lowest BCUT2D eigenvalue weighted by atomic mass is 10.0. The summed E-state index contributed by atoms with van der Waals surface area (Å²) in [5.41, 5.74) is 3.49. The summed E-state index contributed by atoms with van der Waals surface area (Å²) in [5, 5.41) is 0.529. The van der Waals surface area contributed by atoms with E-state index in [1.807, 2.05) is 12.1 Å². The van der Waals surface area contributed by atoms with Gasteiger partial charge in [-0.05, 0) is 47.4 Å². The number of hydrogen-bond donors (Lipinski definition) is 1. The van der Waals surface area contributed by atoms with Crippen molar-refractivity contribution in [3.8, 4) is 0 Å². The van der Waals surface area contributed by atoms with Crippen molar-refractivity contribution in [3.63, 3.8) is 0 Å².